The van der Waals surface area contributed by atoms with Gasteiger partial charge in [-0.05, 0) is 114 Å². The molecule has 3 aliphatic carbocycles. The summed E-state index contributed by atoms with van der Waals surface area (Å²) in [6.07, 6.45) is 16.4. The van der Waals surface area contributed by atoms with Crippen molar-refractivity contribution in [1.29, 1.82) is 0 Å². The minimum absolute atomic E-state index is 0.314. The van der Waals surface area contributed by atoms with Crippen LogP contribution in [-0.2, 0) is 17.6 Å². The van der Waals surface area contributed by atoms with Gasteiger partial charge in [-0.15, -0.1) is 0 Å². The van der Waals surface area contributed by atoms with Crippen molar-refractivity contribution in [3.63, 3.8) is 0 Å². The summed E-state index contributed by atoms with van der Waals surface area (Å²) in [6.45, 7) is 4.02. The Hall–Kier alpha value is -2.98. The first-order valence-electron chi connectivity index (χ1n) is 13.2. The fourth-order valence-corrected chi connectivity index (χ4v) is 6.88. The molecular formula is C31H35NO3. The van der Waals surface area contributed by atoms with E-state index in [2.05, 4.69) is 47.4 Å². The maximum absolute atomic E-state index is 10.4. The maximum atomic E-state index is 10.4. The van der Waals surface area contributed by atoms with E-state index in [0.29, 0.717) is 35.2 Å². The van der Waals surface area contributed by atoms with Crippen LogP contribution >= 0.6 is 0 Å². The molecule has 182 valence electrons. The predicted molar refractivity (Wildman–Crippen MR) is 139 cm³/mol. The number of hydrogen-bond donors (Lipinski definition) is 2. The summed E-state index contributed by atoms with van der Waals surface area (Å²) in [5.41, 5.74) is 5.30. The fraction of sp³-hybridized carbons (Fsp3) is 0.419. The van der Waals surface area contributed by atoms with Crippen LogP contribution in [0.25, 0.3) is 0 Å². The topological polar surface area (TPSA) is 52.9 Å². The van der Waals surface area contributed by atoms with E-state index < -0.39 is 0 Å². The first-order chi connectivity index (χ1) is 17.2. The van der Waals surface area contributed by atoms with Crippen LogP contribution < -0.4 is 0 Å². The molecule has 6 rings (SSSR count). The molecular weight excluding hydrogens is 434 g/mol. The molecule has 1 unspecified atom stereocenters. The average molecular weight is 470 g/mol. The van der Waals surface area contributed by atoms with Crippen LogP contribution in [0.15, 0.2) is 72.5 Å². The van der Waals surface area contributed by atoms with E-state index in [1.54, 1.807) is 0 Å². The summed E-state index contributed by atoms with van der Waals surface area (Å²) in [7, 11) is 0. The summed E-state index contributed by atoms with van der Waals surface area (Å²) in [5, 5.41) is 20.5. The van der Waals surface area contributed by atoms with Crippen molar-refractivity contribution in [2.45, 2.75) is 43.9 Å². The SMILES string of the molecule is Oc1ccc2c(c1)C[C@@H]1[C@H]2Cc2ccc(O)cc2[C@H]1C1C=C(OCCCN2CC=CCC2)C=CC1. The highest BCUT2D eigenvalue weighted by Crippen LogP contribution is 2.55. The number of benzene rings is 2. The second-order valence-electron chi connectivity index (χ2n) is 10.6. The lowest BCUT2D eigenvalue weighted by Crippen LogP contribution is -2.31. The minimum Gasteiger partial charge on any atom is -0.508 e. The number of ether oxygens (including phenoxy) is 1. The summed E-state index contributed by atoms with van der Waals surface area (Å²) in [5.74, 6) is 3.24. The van der Waals surface area contributed by atoms with Gasteiger partial charge in [0.2, 0.25) is 0 Å². The van der Waals surface area contributed by atoms with Gasteiger partial charge in [-0.3, -0.25) is 4.90 Å². The second-order valence-corrected chi connectivity index (χ2v) is 10.6. The van der Waals surface area contributed by atoms with E-state index in [9.17, 15) is 10.2 Å². The molecule has 0 amide bonds. The lowest BCUT2D eigenvalue weighted by Gasteiger charge is -2.40. The Morgan fingerprint density at radius 1 is 0.914 bits per heavy atom. The number of nitrogens with zero attached hydrogens (tertiary/aromatic N) is 1. The van der Waals surface area contributed by atoms with Crippen molar-refractivity contribution < 1.29 is 14.9 Å². The van der Waals surface area contributed by atoms with Gasteiger partial charge in [0.25, 0.3) is 0 Å². The summed E-state index contributed by atoms with van der Waals surface area (Å²) in [4.78, 5) is 2.48. The molecule has 0 aromatic heterocycles. The molecule has 2 N–H and O–H groups in total. The largest absolute Gasteiger partial charge is 0.508 e. The third-order valence-electron chi connectivity index (χ3n) is 8.45. The van der Waals surface area contributed by atoms with Gasteiger partial charge in [-0.1, -0.05) is 30.4 Å². The molecule has 4 aliphatic rings. The van der Waals surface area contributed by atoms with Gasteiger partial charge in [0.1, 0.15) is 17.3 Å². The molecule has 0 radical (unpaired) electrons. The standard InChI is InChI=1S/C31H35NO3/c33-24-10-11-27-23(16-24)19-30-29(27)18-21-8-9-25(34)20-28(21)31(30)22-6-4-7-26(17-22)35-15-5-14-32-12-2-1-3-13-32/h1-2,4,7-11,16-17,20,22,29-31,33-34H,3,5-6,12-15,18-19H2/t22?,29-,30+,31+/m0/s1. The predicted octanol–water partition coefficient (Wildman–Crippen LogP) is 5.82. The zero-order valence-electron chi connectivity index (χ0n) is 20.3. The van der Waals surface area contributed by atoms with E-state index in [0.717, 1.165) is 64.1 Å². The van der Waals surface area contributed by atoms with Crippen molar-refractivity contribution in [2.75, 3.05) is 26.2 Å². The second kappa shape index (κ2) is 9.58. The van der Waals surface area contributed by atoms with Crippen LogP contribution in [0.3, 0.4) is 0 Å². The van der Waals surface area contributed by atoms with Gasteiger partial charge < -0.3 is 14.9 Å². The van der Waals surface area contributed by atoms with Gasteiger partial charge >= 0.3 is 0 Å². The van der Waals surface area contributed by atoms with E-state index >= 15 is 0 Å². The molecule has 1 aliphatic heterocycles. The van der Waals surface area contributed by atoms with Crippen LogP contribution in [-0.4, -0.2) is 41.4 Å². The molecule has 0 bridgehead atoms. The lowest BCUT2D eigenvalue weighted by molar-refractivity contribution is 0.188. The molecule has 0 saturated carbocycles. The van der Waals surface area contributed by atoms with Crippen LogP contribution in [0.5, 0.6) is 11.5 Å². The van der Waals surface area contributed by atoms with Gasteiger partial charge in [0, 0.05) is 19.6 Å². The van der Waals surface area contributed by atoms with E-state index in [1.807, 2.05) is 24.3 Å². The lowest BCUT2D eigenvalue weighted by atomic mass is 9.63. The number of phenols is 2. The quantitative estimate of drug-likeness (QED) is 0.413. The third kappa shape index (κ3) is 4.52. The molecule has 35 heavy (non-hydrogen) atoms. The van der Waals surface area contributed by atoms with E-state index in [4.69, 9.17) is 4.74 Å². The van der Waals surface area contributed by atoms with Crippen LogP contribution in [0.2, 0.25) is 0 Å². The Morgan fingerprint density at radius 2 is 1.80 bits per heavy atom. The van der Waals surface area contributed by atoms with Gasteiger partial charge in [0.05, 0.1) is 6.61 Å². The smallest absolute Gasteiger partial charge is 0.115 e. The molecule has 0 saturated heterocycles. The zero-order chi connectivity index (χ0) is 23.8. The number of aromatic hydroxyl groups is 2. The zero-order valence-corrected chi connectivity index (χ0v) is 20.3. The Labute approximate surface area is 208 Å². The minimum atomic E-state index is 0.314. The highest BCUT2D eigenvalue weighted by atomic mass is 16.5. The molecule has 4 heteroatoms. The van der Waals surface area contributed by atoms with E-state index in [-0.39, 0.29) is 0 Å². The monoisotopic (exact) mass is 469 g/mol. The summed E-state index contributed by atoms with van der Waals surface area (Å²) < 4.78 is 6.24. The van der Waals surface area contributed by atoms with Crippen molar-refractivity contribution in [3.05, 3.63) is 94.8 Å². The first kappa shape index (κ1) is 22.5. The third-order valence-corrected chi connectivity index (χ3v) is 8.45. The Balaban J connectivity index is 1.22. The molecule has 2 aromatic carbocycles. The fourth-order valence-electron chi connectivity index (χ4n) is 6.88. The molecule has 4 atom stereocenters. The van der Waals surface area contributed by atoms with Crippen molar-refractivity contribution in [1.82, 2.24) is 4.90 Å². The molecule has 2 aromatic rings. The summed E-state index contributed by atoms with van der Waals surface area (Å²) >= 11 is 0. The number of phenolic OH excluding ortho intramolecular Hbond substituents is 2. The Morgan fingerprint density at radius 3 is 2.69 bits per heavy atom. The summed E-state index contributed by atoms with van der Waals surface area (Å²) in [6, 6.07) is 11.8. The van der Waals surface area contributed by atoms with Crippen molar-refractivity contribution >= 4 is 0 Å². The molecule has 0 fully saturated rings. The maximum Gasteiger partial charge on any atom is 0.115 e. The number of fused-ring (bicyclic) bond motifs is 4. The Bertz CT molecular complexity index is 1180. The van der Waals surface area contributed by atoms with Crippen LogP contribution in [0, 0.1) is 11.8 Å². The molecule has 1 heterocycles. The van der Waals surface area contributed by atoms with Crippen LogP contribution in [0.4, 0.5) is 0 Å². The van der Waals surface area contributed by atoms with Gasteiger partial charge in [-0.2, -0.15) is 0 Å². The van der Waals surface area contributed by atoms with Crippen molar-refractivity contribution in [2.24, 2.45) is 11.8 Å². The van der Waals surface area contributed by atoms with Crippen molar-refractivity contribution in [3.8, 4) is 11.5 Å². The van der Waals surface area contributed by atoms with Gasteiger partial charge in [0.15, 0.2) is 0 Å². The molecule has 0 spiro atoms. The first-order valence-corrected chi connectivity index (χ1v) is 13.2. The van der Waals surface area contributed by atoms with Crippen LogP contribution in [0.1, 0.15) is 53.4 Å². The number of hydrogen-bond acceptors (Lipinski definition) is 4. The highest BCUT2D eigenvalue weighted by Gasteiger charge is 2.45. The van der Waals surface area contributed by atoms with E-state index in [1.165, 1.54) is 22.3 Å². The average Bonchev–Trinajstić information content (AvgIpc) is 3.23. The molecule has 4 nitrogen and oxygen atoms in total. The number of rotatable bonds is 6. The Kier molecular flexibility index (Phi) is 6.15. The normalized spacial score (nSPS) is 27.1. The number of allylic oxidation sites excluding steroid dienone is 3. The van der Waals surface area contributed by atoms with Gasteiger partial charge in [-0.25, -0.2) is 0 Å². The highest BCUT2D eigenvalue weighted by molar-refractivity contribution is 5.49.